The van der Waals surface area contributed by atoms with E-state index in [1.165, 1.54) is 133 Å². The average Bonchev–Trinajstić information content (AvgIpc) is 3.18. The zero-order valence-corrected chi connectivity index (χ0v) is 36.2. The highest BCUT2D eigenvalue weighted by molar-refractivity contribution is 5.95. The van der Waals surface area contributed by atoms with Gasteiger partial charge in [-0.25, -0.2) is 4.79 Å². The van der Waals surface area contributed by atoms with Crippen LogP contribution in [0.4, 0.5) is 4.79 Å². The topological polar surface area (TPSA) is 55.9 Å². The Balaban J connectivity index is 2.34. The average molecular weight is 753 g/mol. The summed E-state index contributed by atoms with van der Waals surface area (Å²) in [5, 5.41) is 3.03. The lowest BCUT2D eigenvalue weighted by atomic mass is 9.93. The number of unbranched alkanes of at least 4 members (excludes halogenated alkanes) is 18. The third-order valence-corrected chi connectivity index (χ3v) is 11.0. The minimum absolute atomic E-state index is 0.0109. The van der Waals surface area contributed by atoms with Crippen molar-refractivity contribution in [1.29, 1.82) is 0 Å². The molecule has 1 saturated heterocycles. The van der Waals surface area contributed by atoms with Crippen molar-refractivity contribution in [1.82, 2.24) is 20.0 Å². The molecule has 6 heteroatoms. The fraction of sp³-hybridized carbons (Fsp3) is 0.792. The van der Waals surface area contributed by atoms with Gasteiger partial charge >= 0.3 is 6.03 Å². The highest BCUT2D eigenvalue weighted by Crippen LogP contribution is 2.22. The van der Waals surface area contributed by atoms with E-state index in [-0.39, 0.29) is 17.9 Å². The summed E-state index contributed by atoms with van der Waals surface area (Å²) in [7, 11) is 3.85. The largest absolute Gasteiger partial charge is 0.338 e. The first kappa shape index (κ1) is 49.8. The van der Waals surface area contributed by atoms with Gasteiger partial charge in [0.2, 0.25) is 5.91 Å². The van der Waals surface area contributed by atoms with Crippen molar-refractivity contribution in [2.45, 2.75) is 187 Å². The normalized spacial score (nSPS) is 14.5. The second-order valence-corrected chi connectivity index (χ2v) is 16.1. The number of piperazine rings is 1. The van der Waals surface area contributed by atoms with Gasteiger partial charge in [0.15, 0.2) is 0 Å². The molecule has 0 radical (unpaired) electrons. The summed E-state index contributed by atoms with van der Waals surface area (Å²) in [6, 6.07) is -0.238. The molecular formula is C48H88N4O2. The summed E-state index contributed by atoms with van der Waals surface area (Å²) in [5.41, 5.74) is 0. The van der Waals surface area contributed by atoms with Gasteiger partial charge in [-0.05, 0) is 97.1 Å². The fourth-order valence-corrected chi connectivity index (χ4v) is 7.21. The second kappa shape index (κ2) is 37.7. The van der Waals surface area contributed by atoms with E-state index in [0.717, 1.165) is 77.7 Å². The van der Waals surface area contributed by atoms with Gasteiger partial charge in [-0.2, -0.15) is 0 Å². The van der Waals surface area contributed by atoms with E-state index in [9.17, 15) is 9.59 Å². The number of nitrogens with zero attached hydrogens (tertiary/aromatic N) is 3. The van der Waals surface area contributed by atoms with Crippen LogP contribution in [-0.4, -0.2) is 80.0 Å². The molecule has 0 spiro atoms. The van der Waals surface area contributed by atoms with E-state index in [1.54, 1.807) is 7.05 Å². The molecule has 1 rings (SSSR count). The molecule has 54 heavy (non-hydrogen) atoms. The van der Waals surface area contributed by atoms with Gasteiger partial charge < -0.3 is 15.1 Å². The monoisotopic (exact) mass is 753 g/mol. The molecule has 0 aromatic carbocycles. The maximum atomic E-state index is 13.6. The van der Waals surface area contributed by atoms with Gasteiger partial charge in [0.25, 0.3) is 0 Å². The Bertz CT molecular complexity index is 933. The SMILES string of the molecule is CCCCC/C=C\C/C=C\CCCCCCCCC(CCCCCCCC/C=C\C/C=C\CCCCC)C(=O)N(C)C(=O)NCCCN1CCN(C)CC1. The summed E-state index contributed by atoms with van der Waals surface area (Å²) in [4.78, 5) is 32.8. The van der Waals surface area contributed by atoms with Gasteiger partial charge in [-0.15, -0.1) is 0 Å². The molecule has 0 saturated carbocycles. The van der Waals surface area contributed by atoms with Crippen LogP contribution < -0.4 is 5.32 Å². The van der Waals surface area contributed by atoms with Crippen LogP contribution in [0.15, 0.2) is 48.6 Å². The first-order valence-corrected chi connectivity index (χ1v) is 23.1. The van der Waals surface area contributed by atoms with Crippen LogP contribution >= 0.6 is 0 Å². The van der Waals surface area contributed by atoms with Crippen molar-refractivity contribution in [3.63, 3.8) is 0 Å². The smallest absolute Gasteiger partial charge is 0.323 e. The maximum absolute atomic E-state index is 13.6. The van der Waals surface area contributed by atoms with E-state index in [4.69, 9.17) is 0 Å². The number of rotatable bonds is 35. The molecular weight excluding hydrogens is 665 g/mol. The van der Waals surface area contributed by atoms with Gasteiger partial charge in [0, 0.05) is 45.7 Å². The molecule has 1 heterocycles. The third-order valence-electron chi connectivity index (χ3n) is 11.0. The molecule has 3 amide bonds. The summed E-state index contributed by atoms with van der Waals surface area (Å²) in [6.45, 7) is 10.5. The molecule has 0 bridgehead atoms. The summed E-state index contributed by atoms with van der Waals surface area (Å²) in [6.07, 6.45) is 50.7. The Morgan fingerprint density at radius 2 is 0.963 bits per heavy atom. The zero-order chi connectivity index (χ0) is 39.2. The summed E-state index contributed by atoms with van der Waals surface area (Å²) >= 11 is 0. The Morgan fingerprint density at radius 3 is 1.41 bits per heavy atom. The van der Waals surface area contributed by atoms with E-state index < -0.39 is 0 Å². The van der Waals surface area contributed by atoms with Gasteiger partial charge in [-0.1, -0.05) is 152 Å². The number of allylic oxidation sites excluding steroid dienone is 8. The minimum Gasteiger partial charge on any atom is -0.338 e. The van der Waals surface area contributed by atoms with E-state index >= 15 is 0 Å². The van der Waals surface area contributed by atoms with Crippen LogP contribution in [0.3, 0.4) is 0 Å². The molecule has 1 aliphatic heterocycles. The number of hydrogen-bond acceptors (Lipinski definition) is 4. The number of likely N-dealkylation sites (N-methyl/N-ethyl adjacent to an activating group) is 1. The fourth-order valence-electron chi connectivity index (χ4n) is 7.21. The van der Waals surface area contributed by atoms with Crippen LogP contribution in [0.25, 0.3) is 0 Å². The molecule has 0 aliphatic carbocycles. The molecule has 0 atom stereocenters. The summed E-state index contributed by atoms with van der Waals surface area (Å²) in [5.74, 6) is -0.0421. The summed E-state index contributed by atoms with van der Waals surface area (Å²) < 4.78 is 0. The number of hydrogen-bond donors (Lipinski definition) is 1. The predicted molar refractivity (Wildman–Crippen MR) is 236 cm³/mol. The predicted octanol–water partition coefficient (Wildman–Crippen LogP) is 12.8. The third kappa shape index (κ3) is 30.1. The van der Waals surface area contributed by atoms with E-state index in [2.05, 4.69) is 84.6 Å². The van der Waals surface area contributed by atoms with Crippen LogP contribution in [0.1, 0.15) is 187 Å². The molecule has 0 unspecified atom stereocenters. The van der Waals surface area contributed by atoms with Gasteiger partial charge in [0.1, 0.15) is 0 Å². The van der Waals surface area contributed by atoms with Crippen LogP contribution in [0.5, 0.6) is 0 Å². The van der Waals surface area contributed by atoms with Gasteiger partial charge in [0.05, 0.1) is 0 Å². The van der Waals surface area contributed by atoms with Crippen LogP contribution in [-0.2, 0) is 4.79 Å². The number of amides is 3. The molecule has 312 valence electrons. The maximum Gasteiger partial charge on any atom is 0.323 e. The molecule has 1 fully saturated rings. The molecule has 0 aromatic heterocycles. The second-order valence-electron chi connectivity index (χ2n) is 16.1. The van der Waals surface area contributed by atoms with Crippen molar-refractivity contribution < 1.29 is 9.59 Å². The number of imide groups is 1. The Kier molecular flexibility index (Phi) is 34.8. The van der Waals surface area contributed by atoms with Crippen molar-refractivity contribution in [2.75, 3.05) is 53.4 Å². The molecule has 1 aliphatic rings. The molecule has 6 nitrogen and oxygen atoms in total. The quantitative estimate of drug-likeness (QED) is 0.0517. The number of carbonyl (C=O) groups excluding carboxylic acids is 2. The highest BCUT2D eigenvalue weighted by Gasteiger charge is 2.25. The van der Waals surface area contributed by atoms with E-state index in [1.807, 2.05) is 0 Å². The molecule has 0 aromatic rings. The minimum atomic E-state index is -0.238. The number of urea groups is 1. The Labute approximate surface area is 335 Å². The van der Waals surface area contributed by atoms with Crippen molar-refractivity contribution in [2.24, 2.45) is 5.92 Å². The zero-order valence-electron chi connectivity index (χ0n) is 36.2. The lowest BCUT2D eigenvalue weighted by molar-refractivity contribution is -0.132. The first-order valence-electron chi connectivity index (χ1n) is 23.1. The van der Waals surface area contributed by atoms with Gasteiger partial charge in [-0.3, -0.25) is 9.69 Å². The molecule has 1 N–H and O–H groups in total. The number of nitrogens with one attached hydrogen (secondary N) is 1. The standard InChI is InChI=1S/C48H88N4O2/c1-5-7-9-11-13-15-17-19-21-23-25-27-29-31-33-35-38-46(39-36-34-32-30-28-26-24-22-20-18-16-14-12-10-8-6-2)47(53)51(4)48(54)49-40-37-41-52-44-42-50(3)43-45-52/h13-16,19-22,46H,5-12,17-18,23-45H2,1-4H3,(H,49,54)/b15-13-,16-14-,21-19-,22-20-. The lowest BCUT2D eigenvalue weighted by Crippen LogP contribution is -2.46. The lowest BCUT2D eigenvalue weighted by Gasteiger charge is -2.32. The first-order chi connectivity index (χ1) is 26.5. The number of carbonyl (C=O) groups is 2. The van der Waals surface area contributed by atoms with Crippen molar-refractivity contribution >= 4 is 11.9 Å². The van der Waals surface area contributed by atoms with Crippen molar-refractivity contribution in [3.8, 4) is 0 Å². The Morgan fingerprint density at radius 1 is 0.556 bits per heavy atom. The highest BCUT2D eigenvalue weighted by atomic mass is 16.2. The van der Waals surface area contributed by atoms with Crippen molar-refractivity contribution in [3.05, 3.63) is 48.6 Å². The Hall–Kier alpha value is -2.18. The van der Waals surface area contributed by atoms with E-state index in [0.29, 0.717) is 6.54 Å². The van der Waals surface area contributed by atoms with Crippen LogP contribution in [0.2, 0.25) is 0 Å². The van der Waals surface area contributed by atoms with Crippen LogP contribution in [0, 0.1) is 5.92 Å².